The molecule has 0 saturated carbocycles. The molecular formula is C51H59ClF4N6O11S3. The molecule has 7 aromatic rings. The van der Waals surface area contributed by atoms with E-state index in [2.05, 4.69) is 14.7 Å². The topological polar surface area (TPSA) is 274 Å². The molecule has 0 aliphatic rings. The molecule has 0 amide bonds. The van der Waals surface area contributed by atoms with Crippen LogP contribution in [0.2, 0.25) is 0 Å². The number of esters is 1. The molecule has 0 bridgehead atoms. The highest BCUT2D eigenvalue weighted by Gasteiger charge is 2.12. The standard InChI is InChI=1S/C19H17FN2O3S.C11H9FN2O2S.C8H8FNS.C8H10O2.C4H5ClO3.CH4.FH.H3N.H2O/c1-26-19-21-17(25-12-11-24-16-5-3-2-4-6-16)13-18(23)22(19)15-9-7-14(20)8-10-15;1-17-11-13-9(15)6-10(16)14(11)8-4-2-7(12)3-5-8;9-7-3-1-6(2-4-7)5-8(10)11;9-6-7-10-8-4-2-1-3-5-8;1-8-4(7)2-3(5)6;;;;/h2-10,13H,11-12H2,1H3;2-6,15H,1H3;1-4H,5H2,(H2,10,11);1-5,9H,6-7H2;2H2,1H3;1H4;1H;1H3;1H2. The molecule has 7 rings (SSSR count). The van der Waals surface area contributed by atoms with Crippen molar-refractivity contribution >= 4 is 63.5 Å². The lowest BCUT2D eigenvalue weighted by atomic mass is 10.1. The van der Waals surface area contributed by atoms with Gasteiger partial charge in [0, 0.05) is 6.42 Å². The number of hydrogen-bond acceptors (Lipinski definition) is 16. The number of aliphatic hydroxyl groups excluding tert-OH is 1. The van der Waals surface area contributed by atoms with Crippen LogP contribution in [-0.4, -0.2) is 97.0 Å². The number of halogens is 5. The number of rotatable bonds is 16. The molecule has 0 spiro atoms. The van der Waals surface area contributed by atoms with Crippen molar-refractivity contribution in [2.45, 2.75) is 30.6 Å². The molecule has 5 aromatic carbocycles. The maximum absolute atomic E-state index is 13.1. The van der Waals surface area contributed by atoms with Crippen LogP contribution in [0.5, 0.6) is 23.3 Å². The molecule has 0 aliphatic carbocycles. The van der Waals surface area contributed by atoms with E-state index in [0.717, 1.165) is 23.1 Å². The van der Waals surface area contributed by atoms with Gasteiger partial charge in [0.1, 0.15) is 55.2 Å². The molecule has 17 nitrogen and oxygen atoms in total. The summed E-state index contributed by atoms with van der Waals surface area (Å²) in [6, 6.07) is 38.5. The summed E-state index contributed by atoms with van der Waals surface area (Å²) in [5.41, 5.74) is 6.59. The molecule has 76 heavy (non-hydrogen) atoms. The largest absolute Gasteiger partial charge is 0.493 e. The van der Waals surface area contributed by atoms with Crippen LogP contribution in [0.25, 0.3) is 11.4 Å². The van der Waals surface area contributed by atoms with E-state index in [1.54, 1.807) is 18.4 Å². The van der Waals surface area contributed by atoms with Crippen molar-refractivity contribution in [1.29, 1.82) is 0 Å². The van der Waals surface area contributed by atoms with E-state index in [9.17, 15) is 37.5 Å². The van der Waals surface area contributed by atoms with Crippen LogP contribution in [0.1, 0.15) is 19.4 Å². The van der Waals surface area contributed by atoms with Gasteiger partial charge in [0.05, 0.1) is 42.2 Å². The van der Waals surface area contributed by atoms with Crippen LogP contribution in [0.15, 0.2) is 165 Å². The second-order valence-electron chi connectivity index (χ2n) is 13.8. The minimum absolute atomic E-state index is 0. The van der Waals surface area contributed by atoms with E-state index in [1.165, 1.54) is 106 Å². The zero-order chi connectivity index (χ0) is 52.8. The normalized spacial score (nSPS) is 9.42. The minimum atomic E-state index is -0.697. The zero-order valence-electron chi connectivity index (χ0n) is 40.5. The first-order valence-corrected chi connectivity index (χ1v) is 24.2. The zero-order valence-corrected chi connectivity index (χ0v) is 43.7. The summed E-state index contributed by atoms with van der Waals surface area (Å²) in [6.07, 6.45) is 3.74. The van der Waals surface area contributed by atoms with Gasteiger partial charge >= 0.3 is 5.97 Å². The second kappa shape index (κ2) is 39.1. The van der Waals surface area contributed by atoms with Crippen molar-refractivity contribution in [3.8, 4) is 34.6 Å². The van der Waals surface area contributed by atoms with Crippen molar-refractivity contribution in [3.63, 3.8) is 0 Å². The molecular weight excluding hydrogens is 1080 g/mol. The van der Waals surface area contributed by atoms with E-state index < -0.39 is 16.8 Å². The number of thiocarbonyl (C=S) groups is 1. The molecule has 0 fully saturated rings. The third-order valence-electron chi connectivity index (χ3n) is 8.52. The number of thioether (sulfide) groups is 2. The van der Waals surface area contributed by atoms with Gasteiger partial charge in [-0.3, -0.25) is 33.0 Å². The Morgan fingerprint density at radius 1 is 0.684 bits per heavy atom. The Kier molecular flexibility index (Phi) is 36.4. The monoisotopic (exact) mass is 1140 g/mol. The number of methoxy groups -OCH3 is 1. The van der Waals surface area contributed by atoms with Gasteiger partial charge in [0.25, 0.3) is 11.1 Å². The van der Waals surface area contributed by atoms with Gasteiger partial charge in [0.15, 0.2) is 10.3 Å². The van der Waals surface area contributed by atoms with Gasteiger partial charge < -0.3 is 46.5 Å². The SMILES string of the molecule is C.COC(=O)CC(=O)Cl.CSc1nc(O)cc(=O)n1-c1ccc(F)cc1.CSc1nc(OCCOc2ccccc2)cc(=O)n1-c1ccc(F)cc1.F.N.NC(=S)Cc1ccc(F)cc1.O.OCCOc1ccccc1. The van der Waals surface area contributed by atoms with Crippen molar-refractivity contribution in [2.75, 3.05) is 46.0 Å². The third kappa shape index (κ3) is 26.8. The first-order chi connectivity index (χ1) is 34.6. The van der Waals surface area contributed by atoms with E-state index in [4.69, 9.17) is 48.9 Å². The van der Waals surface area contributed by atoms with E-state index in [1.807, 2.05) is 66.9 Å². The van der Waals surface area contributed by atoms with Gasteiger partial charge in [-0.1, -0.05) is 91.7 Å². The third-order valence-corrected chi connectivity index (χ3v) is 10.1. The highest BCUT2D eigenvalue weighted by molar-refractivity contribution is 7.98. The minimum Gasteiger partial charge on any atom is -0.493 e. The van der Waals surface area contributed by atoms with E-state index >= 15 is 0 Å². The number of nitrogens with two attached hydrogens (primary N) is 1. The highest BCUT2D eigenvalue weighted by Crippen LogP contribution is 2.20. The van der Waals surface area contributed by atoms with Crippen molar-refractivity contribution < 1.29 is 62.1 Å². The quantitative estimate of drug-likeness (QED) is 0.0103. The number of hydrogen-bond donors (Lipinski definition) is 4. The summed E-state index contributed by atoms with van der Waals surface area (Å²) in [4.78, 5) is 52.8. The predicted molar refractivity (Wildman–Crippen MR) is 294 cm³/mol. The molecule has 0 saturated heterocycles. The Balaban J connectivity index is 0. The Labute approximate surface area is 455 Å². The first-order valence-electron chi connectivity index (χ1n) is 21.0. The number of aromatic hydroxyl groups is 1. The fourth-order valence-corrected chi connectivity index (χ4v) is 6.78. The average Bonchev–Trinajstić information content (AvgIpc) is 3.37. The van der Waals surface area contributed by atoms with Gasteiger partial charge in [-0.15, -0.1) is 0 Å². The summed E-state index contributed by atoms with van der Waals surface area (Å²) in [7, 11) is 1.20. The fourth-order valence-electron chi connectivity index (χ4n) is 5.39. The van der Waals surface area contributed by atoms with E-state index in [0.29, 0.717) is 46.3 Å². The number of ether oxygens (including phenoxy) is 4. The molecule has 0 aliphatic heterocycles. The summed E-state index contributed by atoms with van der Waals surface area (Å²) < 4.78 is 61.3. The van der Waals surface area contributed by atoms with Crippen LogP contribution in [0, 0.1) is 17.5 Å². The lowest BCUT2D eigenvalue weighted by molar-refractivity contribution is -0.142. The lowest BCUT2D eigenvalue weighted by Gasteiger charge is -2.12. The summed E-state index contributed by atoms with van der Waals surface area (Å²) in [5, 5.41) is 17.8. The maximum atomic E-state index is 13.1. The number of aromatic nitrogens is 4. The van der Waals surface area contributed by atoms with Gasteiger partial charge in [-0.25, -0.2) is 13.2 Å². The Morgan fingerprint density at radius 2 is 1.09 bits per heavy atom. The molecule has 0 atom stereocenters. The Hall–Kier alpha value is -7.32. The van der Waals surface area contributed by atoms with Crippen molar-refractivity contribution in [2.24, 2.45) is 5.73 Å². The molecule has 0 radical (unpaired) electrons. The number of nitrogens with zero attached hydrogens (tertiary/aromatic N) is 4. The lowest BCUT2D eigenvalue weighted by Crippen LogP contribution is -2.21. The van der Waals surface area contributed by atoms with Crippen LogP contribution >= 0.6 is 47.3 Å². The predicted octanol–water partition coefficient (Wildman–Crippen LogP) is 8.50. The number of benzene rings is 5. The summed E-state index contributed by atoms with van der Waals surface area (Å²) in [6.45, 7) is 1.02. The average molecular weight is 1140 g/mol. The van der Waals surface area contributed by atoms with Crippen molar-refractivity contribution in [1.82, 2.24) is 25.3 Å². The molecule has 25 heteroatoms. The molecule has 9 N–H and O–H groups in total. The number of aliphatic hydroxyl groups is 1. The van der Waals surface area contributed by atoms with Gasteiger partial charge in [-0.05, 0) is 115 Å². The summed E-state index contributed by atoms with van der Waals surface area (Å²) >= 11 is 12.0. The van der Waals surface area contributed by atoms with Crippen LogP contribution in [-0.2, 0) is 20.7 Å². The van der Waals surface area contributed by atoms with Crippen LogP contribution in [0.4, 0.5) is 17.9 Å². The van der Waals surface area contributed by atoms with Gasteiger partial charge in [0.2, 0.25) is 17.0 Å². The fraction of sp³-hybridized carbons (Fsp3) is 0.196. The Bertz CT molecular complexity index is 2880. The second-order valence-corrected chi connectivity index (χ2v) is 16.2. The first kappa shape index (κ1) is 70.8. The number of para-hydroxylation sites is 2. The highest BCUT2D eigenvalue weighted by atomic mass is 35.5. The summed E-state index contributed by atoms with van der Waals surface area (Å²) in [5.74, 6) is -0.121. The Morgan fingerprint density at radius 3 is 1.49 bits per heavy atom. The smallest absolute Gasteiger partial charge is 0.314 e. The van der Waals surface area contributed by atoms with Crippen LogP contribution < -0.4 is 37.2 Å². The van der Waals surface area contributed by atoms with E-state index in [-0.39, 0.29) is 78.2 Å². The molecule has 412 valence electrons. The maximum Gasteiger partial charge on any atom is 0.314 e. The van der Waals surface area contributed by atoms with Gasteiger partial charge in [-0.2, -0.15) is 9.97 Å². The molecule has 0 unspecified atom stereocenters. The van der Waals surface area contributed by atoms with Crippen LogP contribution in [0.3, 0.4) is 0 Å². The number of carbonyl (C=O) groups is 2. The molecule has 2 aromatic heterocycles. The number of carbonyl (C=O) groups excluding carboxylic acids is 2. The van der Waals surface area contributed by atoms with Crippen molar-refractivity contribution in [3.05, 3.63) is 189 Å². The molecule has 2 heterocycles.